The third-order valence-corrected chi connectivity index (χ3v) is 3.53. The summed E-state index contributed by atoms with van der Waals surface area (Å²) in [6, 6.07) is 6.12. The molecule has 0 radical (unpaired) electrons. The summed E-state index contributed by atoms with van der Waals surface area (Å²) in [7, 11) is 0. The second kappa shape index (κ2) is 3.49. The maximum atomic E-state index is 10.2. The van der Waals surface area contributed by atoms with E-state index in [-0.39, 0.29) is 0 Å². The van der Waals surface area contributed by atoms with E-state index in [4.69, 9.17) is 4.74 Å². The molecule has 1 aromatic carbocycles. The van der Waals surface area contributed by atoms with Crippen LogP contribution in [-0.4, -0.2) is 11.7 Å². The fraction of sp³-hybridized carbons (Fsp3) is 0.571. The minimum Gasteiger partial charge on any atom is -0.493 e. The second-order valence-electron chi connectivity index (χ2n) is 5.29. The van der Waals surface area contributed by atoms with E-state index in [2.05, 4.69) is 19.1 Å². The molecule has 0 unspecified atom stereocenters. The zero-order valence-electron chi connectivity index (χ0n) is 9.70. The molecule has 0 atom stereocenters. The van der Waals surface area contributed by atoms with Gasteiger partial charge < -0.3 is 9.84 Å². The molecule has 0 aromatic heterocycles. The first-order chi connectivity index (χ1) is 7.67. The van der Waals surface area contributed by atoms with Crippen molar-refractivity contribution in [3.8, 4) is 5.75 Å². The molecule has 0 aliphatic heterocycles. The summed E-state index contributed by atoms with van der Waals surface area (Å²) in [4.78, 5) is 0. The monoisotopic (exact) mass is 218 g/mol. The third kappa shape index (κ3) is 1.94. The van der Waals surface area contributed by atoms with E-state index < -0.39 is 5.60 Å². The van der Waals surface area contributed by atoms with E-state index >= 15 is 0 Å². The topological polar surface area (TPSA) is 29.5 Å². The molecule has 1 N–H and O–H groups in total. The molecule has 2 aliphatic carbocycles. The Hall–Kier alpha value is -1.02. The third-order valence-electron chi connectivity index (χ3n) is 3.53. The average molecular weight is 218 g/mol. The SMILES string of the molecule is Cc1ccc(OCC2CC2)c(C2(O)CC2)c1. The smallest absolute Gasteiger partial charge is 0.125 e. The molecule has 16 heavy (non-hydrogen) atoms. The van der Waals surface area contributed by atoms with Crippen LogP contribution in [0, 0.1) is 12.8 Å². The van der Waals surface area contributed by atoms with Gasteiger partial charge in [-0.1, -0.05) is 11.6 Å². The molecule has 1 aromatic rings. The Morgan fingerprint density at radius 1 is 1.38 bits per heavy atom. The average Bonchev–Trinajstić information content (AvgIpc) is 3.13. The quantitative estimate of drug-likeness (QED) is 0.842. The van der Waals surface area contributed by atoms with Crippen LogP contribution in [0.15, 0.2) is 18.2 Å². The van der Waals surface area contributed by atoms with Gasteiger partial charge in [-0.2, -0.15) is 0 Å². The Morgan fingerprint density at radius 2 is 2.12 bits per heavy atom. The predicted molar refractivity (Wildman–Crippen MR) is 62.5 cm³/mol. The molecule has 2 aliphatic rings. The zero-order valence-corrected chi connectivity index (χ0v) is 9.70. The van der Waals surface area contributed by atoms with Crippen molar-refractivity contribution in [3.63, 3.8) is 0 Å². The molecular formula is C14H18O2. The Balaban J connectivity index is 1.83. The van der Waals surface area contributed by atoms with Gasteiger partial charge in [0.25, 0.3) is 0 Å². The fourth-order valence-electron chi connectivity index (χ4n) is 2.01. The maximum Gasteiger partial charge on any atom is 0.125 e. The van der Waals surface area contributed by atoms with Crippen molar-refractivity contribution in [1.29, 1.82) is 0 Å². The van der Waals surface area contributed by atoms with Crippen molar-refractivity contribution in [2.45, 2.75) is 38.2 Å². The van der Waals surface area contributed by atoms with Crippen molar-refractivity contribution in [2.24, 2.45) is 5.92 Å². The van der Waals surface area contributed by atoms with Gasteiger partial charge in [0.05, 0.1) is 12.2 Å². The van der Waals surface area contributed by atoms with Crippen LogP contribution in [-0.2, 0) is 5.60 Å². The zero-order chi connectivity index (χ0) is 11.2. The molecule has 0 heterocycles. The number of hydrogen-bond donors (Lipinski definition) is 1. The number of hydrogen-bond acceptors (Lipinski definition) is 2. The summed E-state index contributed by atoms with van der Waals surface area (Å²) in [6.07, 6.45) is 4.34. The van der Waals surface area contributed by atoms with Crippen LogP contribution in [0.25, 0.3) is 0 Å². The van der Waals surface area contributed by atoms with E-state index in [1.165, 1.54) is 18.4 Å². The van der Waals surface area contributed by atoms with Crippen molar-refractivity contribution in [1.82, 2.24) is 0 Å². The molecule has 86 valence electrons. The van der Waals surface area contributed by atoms with Crippen LogP contribution in [0.5, 0.6) is 5.75 Å². The highest BCUT2D eigenvalue weighted by molar-refractivity contribution is 5.43. The van der Waals surface area contributed by atoms with Gasteiger partial charge in [0.1, 0.15) is 5.75 Å². The Bertz CT molecular complexity index is 403. The van der Waals surface area contributed by atoms with Crippen LogP contribution >= 0.6 is 0 Å². The fourth-order valence-corrected chi connectivity index (χ4v) is 2.01. The van der Waals surface area contributed by atoms with Crippen molar-refractivity contribution >= 4 is 0 Å². The van der Waals surface area contributed by atoms with Gasteiger partial charge in [-0.3, -0.25) is 0 Å². The molecule has 2 saturated carbocycles. The molecule has 0 bridgehead atoms. The van der Waals surface area contributed by atoms with Gasteiger partial charge in [-0.15, -0.1) is 0 Å². The molecule has 0 spiro atoms. The lowest BCUT2D eigenvalue weighted by Gasteiger charge is -2.16. The number of aliphatic hydroxyl groups is 1. The standard InChI is InChI=1S/C14H18O2/c1-10-2-5-13(16-9-11-3-4-11)12(8-10)14(15)6-7-14/h2,5,8,11,15H,3-4,6-7,9H2,1H3. The summed E-state index contributed by atoms with van der Waals surface area (Å²) in [5.74, 6) is 1.64. The lowest BCUT2D eigenvalue weighted by molar-refractivity contribution is 0.145. The highest BCUT2D eigenvalue weighted by Crippen LogP contribution is 2.49. The Morgan fingerprint density at radius 3 is 2.75 bits per heavy atom. The van der Waals surface area contributed by atoms with Gasteiger partial charge >= 0.3 is 0 Å². The highest BCUT2D eigenvalue weighted by Gasteiger charge is 2.44. The van der Waals surface area contributed by atoms with Gasteiger partial charge in [0.15, 0.2) is 0 Å². The molecule has 2 heteroatoms. The summed E-state index contributed by atoms with van der Waals surface area (Å²) in [5, 5.41) is 10.2. The molecule has 2 fully saturated rings. The van der Waals surface area contributed by atoms with Crippen LogP contribution in [0.1, 0.15) is 36.8 Å². The van der Waals surface area contributed by atoms with E-state index in [0.717, 1.165) is 36.7 Å². The minimum atomic E-state index is -0.592. The number of benzene rings is 1. The molecule has 0 saturated heterocycles. The number of ether oxygens (including phenoxy) is 1. The van der Waals surface area contributed by atoms with Crippen LogP contribution < -0.4 is 4.74 Å². The Labute approximate surface area is 96.2 Å². The van der Waals surface area contributed by atoms with E-state index in [1.54, 1.807) is 0 Å². The van der Waals surface area contributed by atoms with Crippen LogP contribution in [0.4, 0.5) is 0 Å². The van der Waals surface area contributed by atoms with Crippen LogP contribution in [0.2, 0.25) is 0 Å². The van der Waals surface area contributed by atoms with Crippen LogP contribution in [0.3, 0.4) is 0 Å². The molecule has 3 rings (SSSR count). The molecular weight excluding hydrogens is 200 g/mol. The van der Waals surface area contributed by atoms with Gasteiger partial charge in [-0.25, -0.2) is 0 Å². The largest absolute Gasteiger partial charge is 0.493 e. The van der Waals surface area contributed by atoms with Gasteiger partial charge in [0.2, 0.25) is 0 Å². The minimum absolute atomic E-state index is 0.592. The Kier molecular flexibility index (Phi) is 2.21. The first kappa shape index (κ1) is 10.2. The first-order valence-electron chi connectivity index (χ1n) is 6.14. The lowest BCUT2D eigenvalue weighted by atomic mass is 10.0. The molecule has 0 amide bonds. The van der Waals surface area contributed by atoms with Crippen molar-refractivity contribution in [2.75, 3.05) is 6.61 Å². The van der Waals surface area contributed by atoms with E-state index in [9.17, 15) is 5.11 Å². The van der Waals surface area contributed by atoms with Crippen molar-refractivity contribution < 1.29 is 9.84 Å². The summed E-state index contributed by atoms with van der Waals surface area (Å²) in [5.41, 5.74) is 1.59. The van der Waals surface area contributed by atoms with Gasteiger partial charge in [-0.05, 0) is 50.7 Å². The predicted octanol–water partition coefficient (Wildman–Crippen LogP) is 2.77. The second-order valence-corrected chi connectivity index (χ2v) is 5.29. The highest BCUT2D eigenvalue weighted by atomic mass is 16.5. The maximum absolute atomic E-state index is 10.2. The molecule has 2 nitrogen and oxygen atoms in total. The summed E-state index contributed by atoms with van der Waals surface area (Å²) < 4.78 is 5.82. The summed E-state index contributed by atoms with van der Waals surface area (Å²) in [6.45, 7) is 2.87. The first-order valence-corrected chi connectivity index (χ1v) is 6.14. The van der Waals surface area contributed by atoms with Gasteiger partial charge in [0, 0.05) is 5.56 Å². The normalized spacial score (nSPS) is 21.9. The number of rotatable bonds is 4. The van der Waals surface area contributed by atoms with E-state index in [1.807, 2.05) is 6.07 Å². The lowest BCUT2D eigenvalue weighted by Crippen LogP contribution is -2.09. The van der Waals surface area contributed by atoms with Crippen molar-refractivity contribution in [3.05, 3.63) is 29.3 Å². The van der Waals surface area contributed by atoms with E-state index in [0.29, 0.717) is 0 Å². The summed E-state index contributed by atoms with van der Waals surface area (Å²) >= 11 is 0. The number of aryl methyl sites for hydroxylation is 1.